The molecule has 0 aliphatic heterocycles. The Labute approximate surface area is 80.3 Å². The summed E-state index contributed by atoms with van der Waals surface area (Å²) in [6.45, 7) is 7.90. The maximum atomic E-state index is 6.03. The molecule has 1 aromatic rings. The second kappa shape index (κ2) is 4.24. The number of rotatable bonds is 3. The first-order valence-corrected chi connectivity index (χ1v) is 4.60. The van der Waals surface area contributed by atoms with Crippen LogP contribution < -0.4 is 5.73 Å². The van der Waals surface area contributed by atoms with Crippen molar-refractivity contribution in [1.29, 1.82) is 0 Å². The second-order valence-electron chi connectivity index (χ2n) is 3.53. The van der Waals surface area contributed by atoms with Crippen molar-refractivity contribution in [2.45, 2.75) is 19.9 Å². The number of aryl methyl sites for hydroxylation is 1. The number of nitrogens with two attached hydrogens (primary N) is 1. The van der Waals surface area contributed by atoms with Gasteiger partial charge in [0.15, 0.2) is 0 Å². The first kappa shape index (κ1) is 10.0. The van der Waals surface area contributed by atoms with Gasteiger partial charge in [-0.3, -0.25) is 0 Å². The van der Waals surface area contributed by atoms with Gasteiger partial charge in [-0.2, -0.15) is 0 Å². The van der Waals surface area contributed by atoms with Crippen LogP contribution in [0.4, 0.5) is 0 Å². The summed E-state index contributed by atoms with van der Waals surface area (Å²) < 4.78 is 0. The summed E-state index contributed by atoms with van der Waals surface area (Å²) in [5.41, 5.74) is 8.47. The Hall–Kier alpha value is -1.08. The molecule has 0 aliphatic carbocycles. The van der Waals surface area contributed by atoms with Crippen molar-refractivity contribution in [2.75, 3.05) is 0 Å². The van der Waals surface area contributed by atoms with E-state index in [1.165, 1.54) is 11.1 Å². The zero-order chi connectivity index (χ0) is 9.84. The minimum Gasteiger partial charge on any atom is -0.323 e. The summed E-state index contributed by atoms with van der Waals surface area (Å²) in [5, 5.41) is 0. The predicted molar refractivity (Wildman–Crippen MR) is 57.5 cm³/mol. The highest BCUT2D eigenvalue weighted by atomic mass is 14.6. The van der Waals surface area contributed by atoms with Gasteiger partial charge in [0.05, 0.1) is 0 Å². The molecule has 0 saturated carbocycles. The van der Waals surface area contributed by atoms with E-state index in [2.05, 4.69) is 44.7 Å². The highest BCUT2D eigenvalue weighted by Crippen LogP contribution is 2.19. The maximum Gasteiger partial charge on any atom is 0.0355 e. The van der Waals surface area contributed by atoms with Crippen molar-refractivity contribution in [2.24, 2.45) is 11.7 Å². The Morgan fingerprint density at radius 3 is 2.31 bits per heavy atom. The minimum atomic E-state index is 0.0677. The third kappa shape index (κ3) is 2.43. The third-order valence-corrected chi connectivity index (χ3v) is 2.40. The lowest BCUT2D eigenvalue weighted by Gasteiger charge is -2.16. The summed E-state index contributed by atoms with van der Waals surface area (Å²) in [7, 11) is 0. The molecule has 0 spiro atoms. The van der Waals surface area contributed by atoms with E-state index in [-0.39, 0.29) is 6.04 Å². The van der Waals surface area contributed by atoms with E-state index in [4.69, 9.17) is 5.73 Å². The van der Waals surface area contributed by atoms with Crippen molar-refractivity contribution in [3.63, 3.8) is 0 Å². The monoisotopic (exact) mass is 175 g/mol. The van der Waals surface area contributed by atoms with Gasteiger partial charge in [-0.25, -0.2) is 0 Å². The molecule has 1 aromatic carbocycles. The van der Waals surface area contributed by atoms with Crippen LogP contribution in [0.1, 0.15) is 24.1 Å². The smallest absolute Gasteiger partial charge is 0.0355 e. The molecule has 2 atom stereocenters. The van der Waals surface area contributed by atoms with Crippen molar-refractivity contribution in [3.05, 3.63) is 48.0 Å². The maximum absolute atomic E-state index is 6.03. The van der Waals surface area contributed by atoms with Gasteiger partial charge in [-0.1, -0.05) is 42.8 Å². The van der Waals surface area contributed by atoms with E-state index in [1.54, 1.807) is 0 Å². The highest BCUT2D eigenvalue weighted by molar-refractivity contribution is 5.24. The summed E-state index contributed by atoms with van der Waals surface area (Å²) in [5.74, 6) is 0.322. The summed E-state index contributed by atoms with van der Waals surface area (Å²) in [6, 6.07) is 8.41. The number of benzene rings is 1. The molecule has 0 aromatic heterocycles. The largest absolute Gasteiger partial charge is 0.323 e. The fourth-order valence-electron chi connectivity index (χ4n) is 1.24. The fraction of sp³-hybridized carbons (Fsp3) is 0.333. The van der Waals surface area contributed by atoms with E-state index in [0.717, 1.165) is 0 Å². The molecule has 0 heterocycles. The van der Waals surface area contributed by atoms with E-state index in [0.29, 0.717) is 5.92 Å². The van der Waals surface area contributed by atoms with Crippen LogP contribution >= 0.6 is 0 Å². The van der Waals surface area contributed by atoms with Crippen molar-refractivity contribution < 1.29 is 0 Å². The van der Waals surface area contributed by atoms with Crippen LogP contribution in [0.15, 0.2) is 36.9 Å². The second-order valence-corrected chi connectivity index (χ2v) is 3.53. The molecule has 0 fully saturated rings. The van der Waals surface area contributed by atoms with Crippen LogP contribution in [-0.2, 0) is 0 Å². The Bertz CT molecular complexity index is 274. The lowest BCUT2D eigenvalue weighted by Crippen LogP contribution is -2.17. The van der Waals surface area contributed by atoms with E-state index in [1.807, 2.05) is 6.08 Å². The molecule has 0 radical (unpaired) electrons. The summed E-state index contributed by atoms with van der Waals surface area (Å²) >= 11 is 0. The quantitative estimate of drug-likeness (QED) is 0.702. The van der Waals surface area contributed by atoms with Crippen LogP contribution in [-0.4, -0.2) is 0 Å². The Kier molecular flexibility index (Phi) is 3.26. The molecule has 70 valence electrons. The molecule has 0 unspecified atom stereocenters. The summed E-state index contributed by atoms with van der Waals surface area (Å²) in [6.07, 6.45) is 1.89. The Balaban J connectivity index is 2.82. The average Bonchev–Trinajstić information content (AvgIpc) is 2.17. The predicted octanol–water partition coefficient (Wildman–Crippen LogP) is 2.82. The highest BCUT2D eigenvalue weighted by Gasteiger charge is 2.10. The molecule has 2 N–H and O–H groups in total. The Morgan fingerprint density at radius 1 is 1.31 bits per heavy atom. The molecule has 13 heavy (non-hydrogen) atoms. The van der Waals surface area contributed by atoms with Crippen molar-refractivity contribution in [3.8, 4) is 0 Å². The normalized spacial score (nSPS) is 15.0. The SMILES string of the molecule is C=C[C@H](C)[C@H](N)c1ccc(C)cc1. The zero-order valence-electron chi connectivity index (χ0n) is 8.33. The molecule has 1 nitrogen and oxygen atoms in total. The Morgan fingerprint density at radius 2 is 1.85 bits per heavy atom. The van der Waals surface area contributed by atoms with Gasteiger partial charge in [0.25, 0.3) is 0 Å². The van der Waals surface area contributed by atoms with Gasteiger partial charge < -0.3 is 5.73 Å². The molecule has 1 rings (SSSR count). The van der Waals surface area contributed by atoms with Crippen LogP contribution in [0.5, 0.6) is 0 Å². The molecule has 0 aliphatic rings. The van der Waals surface area contributed by atoms with Crippen molar-refractivity contribution >= 4 is 0 Å². The van der Waals surface area contributed by atoms with Gasteiger partial charge in [0, 0.05) is 6.04 Å². The molecule has 1 heteroatoms. The molecular weight excluding hydrogens is 158 g/mol. The van der Waals surface area contributed by atoms with Gasteiger partial charge in [0.1, 0.15) is 0 Å². The van der Waals surface area contributed by atoms with Gasteiger partial charge in [-0.05, 0) is 18.4 Å². The van der Waals surface area contributed by atoms with Crippen LogP contribution in [0.2, 0.25) is 0 Å². The standard InChI is InChI=1S/C12H17N/c1-4-10(3)12(13)11-7-5-9(2)6-8-11/h4-8,10,12H,1,13H2,2-3H3/t10-,12-/m0/s1. The van der Waals surface area contributed by atoms with Crippen LogP contribution in [0.3, 0.4) is 0 Å². The van der Waals surface area contributed by atoms with Gasteiger partial charge in [-0.15, -0.1) is 6.58 Å². The van der Waals surface area contributed by atoms with Gasteiger partial charge >= 0.3 is 0 Å². The van der Waals surface area contributed by atoms with E-state index in [9.17, 15) is 0 Å². The molecule has 0 saturated heterocycles. The van der Waals surface area contributed by atoms with E-state index >= 15 is 0 Å². The first-order chi connectivity index (χ1) is 6.15. The average molecular weight is 175 g/mol. The zero-order valence-corrected chi connectivity index (χ0v) is 8.33. The van der Waals surface area contributed by atoms with E-state index < -0.39 is 0 Å². The molecule has 0 amide bonds. The minimum absolute atomic E-state index is 0.0677. The summed E-state index contributed by atoms with van der Waals surface area (Å²) in [4.78, 5) is 0. The third-order valence-electron chi connectivity index (χ3n) is 2.40. The number of hydrogen-bond donors (Lipinski definition) is 1. The lowest BCUT2D eigenvalue weighted by molar-refractivity contribution is 0.568. The molecule has 0 bridgehead atoms. The number of hydrogen-bond acceptors (Lipinski definition) is 1. The van der Waals surface area contributed by atoms with Crippen LogP contribution in [0.25, 0.3) is 0 Å². The van der Waals surface area contributed by atoms with Crippen LogP contribution in [0, 0.1) is 12.8 Å². The topological polar surface area (TPSA) is 26.0 Å². The van der Waals surface area contributed by atoms with Gasteiger partial charge in [0.2, 0.25) is 0 Å². The lowest BCUT2D eigenvalue weighted by atomic mass is 9.95. The first-order valence-electron chi connectivity index (χ1n) is 4.60. The molecular formula is C12H17N. The fourth-order valence-corrected chi connectivity index (χ4v) is 1.24. The van der Waals surface area contributed by atoms with Crippen molar-refractivity contribution in [1.82, 2.24) is 0 Å².